The van der Waals surface area contributed by atoms with Crippen LogP contribution < -0.4 is 5.56 Å². The Hall–Kier alpha value is -1.86. The Morgan fingerprint density at radius 3 is 2.53 bits per heavy atom. The largest absolute Gasteiger partial charge is 0.481 e. The van der Waals surface area contributed by atoms with E-state index >= 15 is 0 Å². The summed E-state index contributed by atoms with van der Waals surface area (Å²) in [4.78, 5) is 27.0. The van der Waals surface area contributed by atoms with Crippen LogP contribution in [0.1, 0.15) is 23.5 Å². The number of aromatic nitrogens is 2. The second-order valence-electron chi connectivity index (χ2n) is 3.37. The van der Waals surface area contributed by atoms with Crippen LogP contribution in [0.5, 0.6) is 0 Å². The average molecular weight is 250 g/mol. The average Bonchev–Trinajstić information content (AvgIpc) is 2.13. The van der Waals surface area contributed by atoms with Crippen LogP contribution in [0, 0.1) is 6.92 Å². The number of aromatic amines is 1. The van der Waals surface area contributed by atoms with E-state index in [1.54, 1.807) is 0 Å². The summed E-state index contributed by atoms with van der Waals surface area (Å²) < 4.78 is 37.7. The number of hydrogen-bond donors (Lipinski definition) is 2. The first-order valence-electron chi connectivity index (χ1n) is 4.60. The maximum Gasteiger partial charge on any atom is 0.433 e. The van der Waals surface area contributed by atoms with E-state index < -0.39 is 41.8 Å². The minimum absolute atomic E-state index is 0.165. The van der Waals surface area contributed by atoms with Crippen LogP contribution in [0.2, 0.25) is 0 Å². The van der Waals surface area contributed by atoms with Crippen LogP contribution in [0.4, 0.5) is 13.2 Å². The van der Waals surface area contributed by atoms with Crippen LogP contribution in [-0.4, -0.2) is 21.0 Å². The number of carbonyl (C=O) groups is 1. The van der Waals surface area contributed by atoms with Gasteiger partial charge in [-0.1, -0.05) is 0 Å². The van der Waals surface area contributed by atoms with Crippen LogP contribution >= 0.6 is 0 Å². The van der Waals surface area contributed by atoms with Gasteiger partial charge in [0.1, 0.15) is 5.82 Å². The molecule has 5 nitrogen and oxygen atoms in total. The quantitative estimate of drug-likeness (QED) is 0.841. The molecule has 8 heteroatoms. The van der Waals surface area contributed by atoms with E-state index in [0.29, 0.717) is 0 Å². The first kappa shape index (κ1) is 13.2. The number of nitrogens with zero attached hydrogens (tertiary/aromatic N) is 1. The smallest absolute Gasteiger partial charge is 0.433 e. The molecule has 17 heavy (non-hydrogen) atoms. The lowest BCUT2D eigenvalue weighted by molar-refractivity contribution is -0.143. The van der Waals surface area contributed by atoms with Gasteiger partial charge in [0.05, 0.1) is 0 Å². The molecule has 0 bridgehead atoms. The first-order valence-corrected chi connectivity index (χ1v) is 4.60. The summed E-state index contributed by atoms with van der Waals surface area (Å²) in [5.41, 5.74) is -2.92. The van der Waals surface area contributed by atoms with Crippen molar-refractivity contribution in [3.8, 4) is 0 Å². The van der Waals surface area contributed by atoms with Crippen molar-refractivity contribution >= 4 is 5.97 Å². The van der Waals surface area contributed by atoms with Gasteiger partial charge >= 0.3 is 12.1 Å². The number of H-pyrrole nitrogens is 1. The predicted octanol–water partition coefficient (Wildman–Crippen LogP) is 1.11. The molecule has 0 saturated heterocycles. The molecule has 1 rings (SSSR count). The highest BCUT2D eigenvalue weighted by Crippen LogP contribution is 2.29. The third-order valence-corrected chi connectivity index (χ3v) is 1.99. The Morgan fingerprint density at radius 1 is 1.47 bits per heavy atom. The third kappa shape index (κ3) is 3.30. The van der Waals surface area contributed by atoms with Crippen LogP contribution in [-0.2, 0) is 17.4 Å². The van der Waals surface area contributed by atoms with Gasteiger partial charge in [-0.2, -0.15) is 13.2 Å². The fourth-order valence-electron chi connectivity index (χ4n) is 1.31. The number of carboxylic acid groups (broad SMARTS) is 1. The SMILES string of the molecule is Cc1nc(C(F)(F)F)c(CCC(=O)O)c(=O)[nH]1. The molecule has 0 atom stereocenters. The standard InChI is InChI=1S/C9H9F3N2O3/c1-4-13-7(9(10,11)12)5(8(17)14-4)2-3-6(15)16/h2-3H2,1H3,(H,15,16)(H,13,14,17). The van der Waals surface area contributed by atoms with Gasteiger partial charge in [0.15, 0.2) is 5.69 Å². The van der Waals surface area contributed by atoms with Crippen molar-refractivity contribution in [2.75, 3.05) is 0 Å². The van der Waals surface area contributed by atoms with Crippen molar-refractivity contribution < 1.29 is 23.1 Å². The summed E-state index contributed by atoms with van der Waals surface area (Å²) in [7, 11) is 0. The lowest BCUT2D eigenvalue weighted by Crippen LogP contribution is -2.24. The molecule has 1 aromatic heterocycles. The Balaban J connectivity index is 3.26. The Bertz CT molecular complexity index is 493. The molecule has 2 N–H and O–H groups in total. The van der Waals surface area contributed by atoms with Gasteiger partial charge in [-0.3, -0.25) is 9.59 Å². The normalized spacial score (nSPS) is 11.5. The van der Waals surface area contributed by atoms with E-state index in [1.807, 2.05) is 0 Å². The summed E-state index contributed by atoms with van der Waals surface area (Å²) in [6.45, 7) is 1.22. The molecular weight excluding hydrogens is 241 g/mol. The Labute approximate surface area is 93.3 Å². The van der Waals surface area contributed by atoms with Gasteiger partial charge in [0, 0.05) is 12.0 Å². The number of aliphatic carboxylic acids is 1. The summed E-state index contributed by atoms with van der Waals surface area (Å²) in [6, 6.07) is 0. The lowest BCUT2D eigenvalue weighted by atomic mass is 10.1. The Kier molecular flexibility index (Phi) is 3.54. The molecule has 0 spiro atoms. The van der Waals surface area contributed by atoms with Crippen molar-refractivity contribution in [3.05, 3.63) is 27.4 Å². The molecular formula is C9H9F3N2O3. The number of carboxylic acids is 1. The second-order valence-corrected chi connectivity index (χ2v) is 3.37. The minimum atomic E-state index is -4.77. The Morgan fingerprint density at radius 2 is 2.06 bits per heavy atom. The molecule has 94 valence electrons. The first-order chi connectivity index (χ1) is 7.71. The van der Waals surface area contributed by atoms with Gasteiger partial charge < -0.3 is 10.1 Å². The maximum absolute atomic E-state index is 12.6. The molecule has 1 aromatic rings. The van der Waals surface area contributed by atoms with E-state index in [1.165, 1.54) is 6.92 Å². The predicted molar refractivity (Wildman–Crippen MR) is 50.6 cm³/mol. The number of aryl methyl sites for hydroxylation is 1. The lowest BCUT2D eigenvalue weighted by Gasteiger charge is -2.10. The van der Waals surface area contributed by atoms with Gasteiger partial charge in [-0.15, -0.1) is 0 Å². The van der Waals surface area contributed by atoms with E-state index in [0.717, 1.165) is 0 Å². The summed E-state index contributed by atoms with van der Waals surface area (Å²) in [5, 5.41) is 8.40. The summed E-state index contributed by atoms with van der Waals surface area (Å²) >= 11 is 0. The molecule has 0 amide bonds. The number of nitrogens with one attached hydrogen (secondary N) is 1. The van der Waals surface area contributed by atoms with Crippen LogP contribution in [0.25, 0.3) is 0 Å². The van der Waals surface area contributed by atoms with E-state index in [9.17, 15) is 22.8 Å². The highest BCUT2D eigenvalue weighted by Gasteiger charge is 2.36. The van der Waals surface area contributed by atoms with Crippen LogP contribution in [0.15, 0.2) is 4.79 Å². The number of rotatable bonds is 3. The van der Waals surface area contributed by atoms with Crippen molar-refractivity contribution in [1.82, 2.24) is 9.97 Å². The molecule has 0 radical (unpaired) electrons. The van der Waals surface area contributed by atoms with E-state index in [2.05, 4.69) is 9.97 Å². The van der Waals surface area contributed by atoms with Crippen molar-refractivity contribution in [3.63, 3.8) is 0 Å². The maximum atomic E-state index is 12.6. The number of halogens is 3. The third-order valence-electron chi connectivity index (χ3n) is 1.99. The van der Waals surface area contributed by atoms with Gasteiger partial charge in [0.25, 0.3) is 5.56 Å². The van der Waals surface area contributed by atoms with Gasteiger partial charge in [-0.25, -0.2) is 4.98 Å². The number of hydrogen-bond acceptors (Lipinski definition) is 3. The van der Waals surface area contributed by atoms with Crippen molar-refractivity contribution in [2.24, 2.45) is 0 Å². The highest BCUT2D eigenvalue weighted by molar-refractivity contribution is 5.67. The fourth-order valence-corrected chi connectivity index (χ4v) is 1.31. The monoisotopic (exact) mass is 250 g/mol. The number of alkyl halides is 3. The summed E-state index contributed by atoms with van der Waals surface area (Å²) in [5.74, 6) is -1.44. The molecule has 0 aliphatic heterocycles. The minimum Gasteiger partial charge on any atom is -0.481 e. The summed E-state index contributed by atoms with van der Waals surface area (Å²) in [6.07, 6.45) is -5.84. The van der Waals surface area contributed by atoms with E-state index in [-0.39, 0.29) is 5.82 Å². The molecule has 0 aromatic carbocycles. The molecule has 1 heterocycles. The van der Waals surface area contributed by atoms with Gasteiger partial charge in [0.2, 0.25) is 0 Å². The van der Waals surface area contributed by atoms with Gasteiger partial charge in [-0.05, 0) is 13.3 Å². The topological polar surface area (TPSA) is 83.0 Å². The zero-order valence-electron chi connectivity index (χ0n) is 8.76. The molecule has 0 unspecified atom stereocenters. The van der Waals surface area contributed by atoms with E-state index in [4.69, 9.17) is 5.11 Å². The van der Waals surface area contributed by atoms with Crippen LogP contribution in [0.3, 0.4) is 0 Å². The molecule has 0 saturated carbocycles. The second kappa shape index (κ2) is 4.56. The van der Waals surface area contributed by atoms with Crippen molar-refractivity contribution in [2.45, 2.75) is 25.9 Å². The fraction of sp³-hybridized carbons (Fsp3) is 0.444. The van der Waals surface area contributed by atoms with Crippen molar-refractivity contribution in [1.29, 1.82) is 0 Å². The zero-order valence-corrected chi connectivity index (χ0v) is 8.76. The molecule has 0 aliphatic rings. The highest BCUT2D eigenvalue weighted by atomic mass is 19.4. The molecule has 0 fully saturated rings. The molecule has 0 aliphatic carbocycles. The zero-order chi connectivity index (χ0) is 13.2.